The quantitative estimate of drug-likeness (QED) is 0.517. The maximum absolute atomic E-state index is 9.71. The molecule has 0 amide bonds. The van der Waals surface area contributed by atoms with E-state index in [4.69, 9.17) is 19.2 Å². The Labute approximate surface area is 211 Å². The molecule has 0 unspecified atom stereocenters. The molecule has 36 heavy (non-hydrogen) atoms. The minimum absolute atomic E-state index is 0.0724. The van der Waals surface area contributed by atoms with Gasteiger partial charge in [-0.3, -0.25) is 4.90 Å². The fourth-order valence-corrected chi connectivity index (χ4v) is 4.62. The van der Waals surface area contributed by atoms with Gasteiger partial charge in [0, 0.05) is 56.2 Å². The number of β-amino-alcohol motifs (C(OH)–C–C–N with tert-alkyl or cyclic N) is 1. The summed E-state index contributed by atoms with van der Waals surface area (Å²) >= 11 is 0. The van der Waals surface area contributed by atoms with Crippen LogP contribution in [-0.4, -0.2) is 65.6 Å². The molecule has 5 rings (SSSR count). The van der Waals surface area contributed by atoms with Crippen LogP contribution in [0, 0.1) is 11.3 Å². The molecule has 0 radical (unpaired) electrons. The number of hydrogen-bond donors (Lipinski definition) is 1. The summed E-state index contributed by atoms with van der Waals surface area (Å²) in [5.74, 6) is 2.11. The van der Waals surface area contributed by atoms with E-state index in [-0.39, 0.29) is 12.2 Å². The van der Waals surface area contributed by atoms with Crippen LogP contribution < -0.4 is 9.47 Å². The minimum Gasteiger partial charge on any atom is -0.496 e. The first-order valence-electron chi connectivity index (χ1n) is 12.3. The molecule has 8 nitrogen and oxygen atoms in total. The largest absolute Gasteiger partial charge is 0.496 e. The van der Waals surface area contributed by atoms with Crippen LogP contribution in [0.2, 0.25) is 0 Å². The van der Waals surface area contributed by atoms with E-state index in [1.165, 1.54) is 0 Å². The van der Waals surface area contributed by atoms with E-state index in [2.05, 4.69) is 28.1 Å². The first-order chi connectivity index (χ1) is 17.6. The maximum Gasteiger partial charge on any atom is 0.137 e. The average molecular weight is 487 g/mol. The third-order valence-electron chi connectivity index (χ3n) is 6.61. The molecular formula is C28H30N4O4. The molecule has 3 heterocycles. The summed E-state index contributed by atoms with van der Waals surface area (Å²) < 4.78 is 17.1. The number of nitriles is 1. The number of methoxy groups -OCH3 is 1. The predicted molar refractivity (Wildman–Crippen MR) is 134 cm³/mol. The standard InChI is InChI=1S/C28H30N4O4/c1-34-27-12-19(2-3-21(27)16-32-17-23(33)18-32)13-28-30-9-6-25(31-28)20-4-5-26(22(14-20)15-29)36-24-7-10-35-11-8-24/h2-6,9,12,14,23-24,33H,7-8,10-11,13,16-18H2,1H3. The van der Waals surface area contributed by atoms with Gasteiger partial charge in [0.1, 0.15) is 29.5 Å². The van der Waals surface area contributed by atoms with Crippen LogP contribution in [0.4, 0.5) is 0 Å². The van der Waals surface area contributed by atoms with Crippen molar-refractivity contribution in [3.8, 4) is 28.8 Å². The molecule has 2 aromatic carbocycles. The van der Waals surface area contributed by atoms with Crippen molar-refractivity contribution in [3.63, 3.8) is 0 Å². The molecule has 186 valence electrons. The lowest BCUT2D eigenvalue weighted by Gasteiger charge is -2.36. The number of nitrogens with zero attached hydrogens (tertiary/aromatic N) is 4. The number of hydrogen-bond acceptors (Lipinski definition) is 8. The molecule has 3 aromatic rings. The van der Waals surface area contributed by atoms with Gasteiger partial charge in [0.25, 0.3) is 0 Å². The summed E-state index contributed by atoms with van der Waals surface area (Å²) in [6, 6.07) is 15.9. The van der Waals surface area contributed by atoms with Gasteiger partial charge in [0.05, 0.1) is 37.7 Å². The molecule has 8 heteroatoms. The van der Waals surface area contributed by atoms with Crippen molar-refractivity contribution in [3.05, 3.63) is 71.2 Å². The minimum atomic E-state index is -0.223. The smallest absolute Gasteiger partial charge is 0.137 e. The Morgan fingerprint density at radius 2 is 1.94 bits per heavy atom. The summed E-state index contributed by atoms with van der Waals surface area (Å²) in [4.78, 5) is 11.4. The van der Waals surface area contributed by atoms with Gasteiger partial charge in [-0.1, -0.05) is 12.1 Å². The molecule has 2 fully saturated rings. The van der Waals surface area contributed by atoms with Crippen LogP contribution in [0.15, 0.2) is 48.7 Å². The Morgan fingerprint density at radius 1 is 1.11 bits per heavy atom. The molecule has 0 spiro atoms. The first-order valence-corrected chi connectivity index (χ1v) is 12.3. The van der Waals surface area contributed by atoms with Crippen LogP contribution in [0.25, 0.3) is 11.3 Å². The summed E-state index contributed by atoms with van der Waals surface area (Å²) in [6.07, 6.45) is 3.81. The highest BCUT2D eigenvalue weighted by Gasteiger charge is 2.25. The van der Waals surface area contributed by atoms with E-state index in [1.54, 1.807) is 13.3 Å². The summed E-state index contributed by atoms with van der Waals surface area (Å²) in [7, 11) is 1.67. The van der Waals surface area contributed by atoms with Crippen molar-refractivity contribution in [1.82, 2.24) is 14.9 Å². The van der Waals surface area contributed by atoms with Crippen molar-refractivity contribution in [2.24, 2.45) is 0 Å². The molecular weight excluding hydrogens is 456 g/mol. The molecule has 1 aromatic heterocycles. The van der Waals surface area contributed by atoms with Crippen LogP contribution >= 0.6 is 0 Å². The second-order valence-corrected chi connectivity index (χ2v) is 9.28. The topological polar surface area (TPSA) is 101 Å². The zero-order valence-electron chi connectivity index (χ0n) is 20.4. The molecule has 1 N–H and O–H groups in total. The van der Waals surface area contributed by atoms with Gasteiger partial charge < -0.3 is 19.3 Å². The molecule has 0 atom stereocenters. The number of ether oxygens (including phenoxy) is 3. The van der Waals surface area contributed by atoms with Gasteiger partial charge in [0.2, 0.25) is 0 Å². The van der Waals surface area contributed by atoms with Gasteiger partial charge in [-0.25, -0.2) is 9.97 Å². The fourth-order valence-electron chi connectivity index (χ4n) is 4.62. The summed E-state index contributed by atoms with van der Waals surface area (Å²) in [5.41, 5.74) is 4.24. The Morgan fingerprint density at radius 3 is 2.69 bits per heavy atom. The Balaban J connectivity index is 1.30. The second-order valence-electron chi connectivity index (χ2n) is 9.28. The third kappa shape index (κ3) is 5.65. The van der Waals surface area contributed by atoms with E-state index in [9.17, 15) is 10.4 Å². The molecule has 2 saturated heterocycles. The predicted octanol–water partition coefficient (Wildman–Crippen LogP) is 3.35. The molecule has 0 bridgehead atoms. The van der Waals surface area contributed by atoms with E-state index in [1.807, 2.05) is 30.3 Å². The van der Waals surface area contributed by atoms with Gasteiger partial charge in [-0.15, -0.1) is 0 Å². The van der Waals surface area contributed by atoms with Crippen molar-refractivity contribution >= 4 is 0 Å². The number of aromatic nitrogens is 2. The van der Waals surface area contributed by atoms with Crippen LogP contribution in [0.5, 0.6) is 11.5 Å². The van der Waals surface area contributed by atoms with Crippen molar-refractivity contribution in [2.75, 3.05) is 33.4 Å². The zero-order chi connectivity index (χ0) is 24.9. The number of likely N-dealkylation sites (tertiary alicyclic amines) is 1. The van der Waals surface area contributed by atoms with Gasteiger partial charge in [-0.2, -0.15) is 5.26 Å². The van der Waals surface area contributed by atoms with Crippen LogP contribution in [0.3, 0.4) is 0 Å². The highest BCUT2D eigenvalue weighted by atomic mass is 16.5. The number of aliphatic hydroxyl groups excluding tert-OH is 1. The SMILES string of the molecule is COc1cc(Cc2nccc(-c3ccc(OC4CCOCC4)c(C#N)c3)n2)ccc1CN1CC(O)C1. The van der Waals surface area contributed by atoms with Gasteiger partial charge in [-0.05, 0) is 35.9 Å². The Hall–Kier alpha value is -3.51. The van der Waals surface area contributed by atoms with E-state index >= 15 is 0 Å². The second kappa shape index (κ2) is 11.0. The third-order valence-corrected chi connectivity index (χ3v) is 6.61. The number of rotatable bonds is 8. The normalized spacial score (nSPS) is 16.8. The van der Waals surface area contributed by atoms with Crippen molar-refractivity contribution in [2.45, 2.75) is 38.0 Å². The molecule has 2 aliphatic heterocycles. The van der Waals surface area contributed by atoms with Crippen LogP contribution in [-0.2, 0) is 17.7 Å². The highest BCUT2D eigenvalue weighted by Crippen LogP contribution is 2.28. The first kappa shape index (κ1) is 24.2. The zero-order valence-corrected chi connectivity index (χ0v) is 20.4. The average Bonchev–Trinajstić information content (AvgIpc) is 2.89. The Kier molecular flexibility index (Phi) is 7.42. The van der Waals surface area contributed by atoms with Crippen molar-refractivity contribution < 1.29 is 19.3 Å². The number of benzene rings is 2. The van der Waals surface area contributed by atoms with E-state index in [0.717, 1.165) is 47.5 Å². The van der Waals surface area contributed by atoms with E-state index in [0.29, 0.717) is 49.9 Å². The lowest BCUT2D eigenvalue weighted by atomic mass is 10.0. The van der Waals surface area contributed by atoms with Gasteiger partial charge >= 0.3 is 0 Å². The highest BCUT2D eigenvalue weighted by molar-refractivity contribution is 5.64. The molecule has 0 aliphatic carbocycles. The van der Waals surface area contributed by atoms with Gasteiger partial charge in [0.15, 0.2) is 0 Å². The number of aliphatic hydroxyl groups is 1. The summed E-state index contributed by atoms with van der Waals surface area (Å²) in [5, 5.41) is 19.2. The maximum atomic E-state index is 9.71. The lowest BCUT2D eigenvalue weighted by Crippen LogP contribution is -2.49. The van der Waals surface area contributed by atoms with Crippen molar-refractivity contribution in [1.29, 1.82) is 5.26 Å². The summed E-state index contributed by atoms with van der Waals surface area (Å²) in [6.45, 7) is 3.52. The lowest BCUT2D eigenvalue weighted by molar-refractivity contribution is -0.00322. The Bertz CT molecular complexity index is 1250. The molecule has 2 aliphatic rings. The fraction of sp³-hybridized carbons (Fsp3) is 0.393. The van der Waals surface area contributed by atoms with Crippen LogP contribution in [0.1, 0.15) is 35.4 Å². The monoisotopic (exact) mass is 486 g/mol. The molecule has 0 saturated carbocycles. The van der Waals surface area contributed by atoms with E-state index < -0.39 is 0 Å².